The molecule has 27 heavy (non-hydrogen) atoms. The lowest BCUT2D eigenvalue weighted by Crippen LogP contribution is -2.30. The Morgan fingerprint density at radius 3 is 2.37 bits per heavy atom. The number of amides is 1. The van der Waals surface area contributed by atoms with Gasteiger partial charge in [-0.2, -0.15) is 4.31 Å². The summed E-state index contributed by atoms with van der Waals surface area (Å²) in [6, 6.07) is 12.2. The number of anilines is 2. The molecule has 0 heterocycles. The monoisotopic (exact) mass is 389 g/mol. The molecule has 0 saturated heterocycles. The van der Waals surface area contributed by atoms with Gasteiger partial charge in [0, 0.05) is 24.5 Å². The highest BCUT2D eigenvalue weighted by molar-refractivity contribution is 7.89. The maximum absolute atomic E-state index is 12.6. The van der Waals surface area contributed by atoms with Crippen LogP contribution in [0.4, 0.5) is 11.4 Å². The lowest BCUT2D eigenvalue weighted by molar-refractivity contribution is -0.114. The van der Waals surface area contributed by atoms with E-state index in [-0.39, 0.29) is 17.3 Å². The van der Waals surface area contributed by atoms with Crippen molar-refractivity contribution in [2.75, 3.05) is 30.3 Å². The number of carbonyl (C=O) groups excluding carboxylic acids is 1. The number of rotatable bonds is 8. The number of hydrogen-bond donors (Lipinski definition) is 2. The van der Waals surface area contributed by atoms with E-state index in [2.05, 4.69) is 10.6 Å². The molecule has 0 radical (unpaired) electrons. The Kier molecular flexibility index (Phi) is 6.98. The molecule has 2 aromatic rings. The zero-order valence-electron chi connectivity index (χ0n) is 16.2. The maximum Gasteiger partial charge on any atom is 0.243 e. The van der Waals surface area contributed by atoms with Gasteiger partial charge < -0.3 is 10.6 Å². The number of carbonyl (C=O) groups is 1. The Bertz CT molecular complexity index is 906. The molecule has 0 aliphatic rings. The summed E-state index contributed by atoms with van der Waals surface area (Å²) in [6.07, 6.45) is 0. The van der Waals surface area contributed by atoms with Gasteiger partial charge in [-0.25, -0.2) is 8.42 Å². The van der Waals surface area contributed by atoms with Crippen LogP contribution in [-0.2, 0) is 14.8 Å². The first-order valence-corrected chi connectivity index (χ1v) is 10.4. The number of hydrogen-bond acceptors (Lipinski definition) is 4. The van der Waals surface area contributed by atoms with Crippen LogP contribution in [0.25, 0.3) is 0 Å². The number of nitrogens with one attached hydrogen (secondary N) is 2. The lowest BCUT2D eigenvalue weighted by Gasteiger charge is -2.19. The second-order valence-electron chi connectivity index (χ2n) is 6.27. The Morgan fingerprint density at radius 1 is 1.04 bits per heavy atom. The standard InChI is InChI=1S/C20H27N3O3S/c1-5-23(6-2)27(25,26)18-11-8-10-17(13-18)22-20(24)14-21-19-12-7-9-15(3)16(19)4/h7-13,21H,5-6,14H2,1-4H3,(H,22,24). The van der Waals surface area contributed by atoms with Crippen molar-refractivity contribution in [3.63, 3.8) is 0 Å². The first-order valence-electron chi connectivity index (χ1n) is 8.99. The van der Waals surface area contributed by atoms with Crippen LogP contribution in [0.1, 0.15) is 25.0 Å². The molecule has 7 heteroatoms. The van der Waals surface area contributed by atoms with Crippen LogP contribution in [0, 0.1) is 13.8 Å². The van der Waals surface area contributed by atoms with E-state index < -0.39 is 10.0 Å². The molecule has 0 unspecified atom stereocenters. The van der Waals surface area contributed by atoms with Gasteiger partial charge in [-0.05, 0) is 49.2 Å². The van der Waals surface area contributed by atoms with Crippen molar-refractivity contribution in [1.29, 1.82) is 0 Å². The molecule has 2 aromatic carbocycles. The zero-order chi connectivity index (χ0) is 20.0. The molecule has 0 bridgehead atoms. The van der Waals surface area contributed by atoms with E-state index in [0.717, 1.165) is 16.8 Å². The summed E-state index contributed by atoms with van der Waals surface area (Å²) in [4.78, 5) is 12.4. The molecular weight excluding hydrogens is 362 g/mol. The third kappa shape index (κ3) is 5.08. The predicted octanol–water partition coefficient (Wildman–Crippen LogP) is 3.38. The molecule has 0 aromatic heterocycles. The van der Waals surface area contributed by atoms with E-state index in [9.17, 15) is 13.2 Å². The van der Waals surface area contributed by atoms with Gasteiger partial charge in [0.05, 0.1) is 11.4 Å². The highest BCUT2D eigenvalue weighted by Gasteiger charge is 2.21. The number of benzene rings is 2. The summed E-state index contributed by atoms with van der Waals surface area (Å²) < 4.78 is 26.6. The summed E-state index contributed by atoms with van der Waals surface area (Å²) in [6.45, 7) is 8.50. The predicted molar refractivity (Wildman–Crippen MR) is 110 cm³/mol. The topological polar surface area (TPSA) is 78.5 Å². The minimum atomic E-state index is -3.56. The quantitative estimate of drug-likeness (QED) is 0.725. The van der Waals surface area contributed by atoms with Crippen molar-refractivity contribution in [1.82, 2.24) is 4.31 Å². The fourth-order valence-electron chi connectivity index (χ4n) is 2.77. The summed E-state index contributed by atoms with van der Waals surface area (Å²) in [7, 11) is -3.56. The molecule has 0 aliphatic carbocycles. The van der Waals surface area contributed by atoms with E-state index in [4.69, 9.17) is 0 Å². The van der Waals surface area contributed by atoms with Crippen molar-refractivity contribution < 1.29 is 13.2 Å². The highest BCUT2D eigenvalue weighted by atomic mass is 32.2. The molecule has 0 spiro atoms. The molecule has 1 amide bonds. The molecule has 2 N–H and O–H groups in total. The second kappa shape index (κ2) is 9.01. The SMILES string of the molecule is CCN(CC)S(=O)(=O)c1cccc(NC(=O)CNc2cccc(C)c2C)c1. The molecule has 0 aliphatic heterocycles. The number of aryl methyl sites for hydroxylation is 1. The smallest absolute Gasteiger partial charge is 0.243 e. The maximum atomic E-state index is 12.6. The second-order valence-corrected chi connectivity index (χ2v) is 8.20. The largest absolute Gasteiger partial charge is 0.376 e. The first kappa shape index (κ1) is 20.9. The fourth-order valence-corrected chi connectivity index (χ4v) is 4.27. The van der Waals surface area contributed by atoms with Crippen LogP contribution in [0.5, 0.6) is 0 Å². The summed E-state index contributed by atoms with van der Waals surface area (Å²) in [5.74, 6) is -0.242. The minimum absolute atomic E-state index is 0.0946. The molecule has 146 valence electrons. The van der Waals surface area contributed by atoms with Crippen molar-refractivity contribution in [3.8, 4) is 0 Å². The third-order valence-electron chi connectivity index (χ3n) is 4.51. The third-order valence-corrected chi connectivity index (χ3v) is 6.55. The van der Waals surface area contributed by atoms with Gasteiger partial charge in [0.2, 0.25) is 15.9 Å². The first-order chi connectivity index (χ1) is 12.8. The average Bonchev–Trinajstić information content (AvgIpc) is 2.64. The van der Waals surface area contributed by atoms with Crippen LogP contribution in [-0.4, -0.2) is 38.3 Å². The summed E-state index contributed by atoms with van der Waals surface area (Å²) in [5, 5.41) is 5.87. The van der Waals surface area contributed by atoms with E-state index in [1.165, 1.54) is 16.4 Å². The van der Waals surface area contributed by atoms with Crippen molar-refractivity contribution in [2.24, 2.45) is 0 Å². The Morgan fingerprint density at radius 2 is 1.70 bits per heavy atom. The molecule has 0 fully saturated rings. The van der Waals surface area contributed by atoms with Crippen LogP contribution < -0.4 is 10.6 Å². The van der Waals surface area contributed by atoms with E-state index in [1.54, 1.807) is 26.0 Å². The van der Waals surface area contributed by atoms with Gasteiger partial charge in [-0.15, -0.1) is 0 Å². The minimum Gasteiger partial charge on any atom is -0.376 e. The molecular formula is C20H27N3O3S. The Hall–Kier alpha value is -2.38. The molecule has 0 atom stereocenters. The highest BCUT2D eigenvalue weighted by Crippen LogP contribution is 2.20. The normalized spacial score (nSPS) is 11.4. The van der Waals surface area contributed by atoms with Crippen molar-refractivity contribution >= 4 is 27.3 Å². The fraction of sp³-hybridized carbons (Fsp3) is 0.350. The molecule has 2 rings (SSSR count). The Labute approximate surface area is 161 Å². The van der Waals surface area contributed by atoms with Crippen LogP contribution >= 0.6 is 0 Å². The zero-order valence-corrected chi connectivity index (χ0v) is 17.1. The number of sulfonamides is 1. The molecule has 6 nitrogen and oxygen atoms in total. The lowest BCUT2D eigenvalue weighted by atomic mass is 10.1. The van der Waals surface area contributed by atoms with Gasteiger partial charge in [0.25, 0.3) is 0 Å². The van der Waals surface area contributed by atoms with Gasteiger partial charge in [-0.3, -0.25) is 4.79 Å². The number of nitrogens with zero attached hydrogens (tertiary/aromatic N) is 1. The summed E-state index contributed by atoms with van der Waals surface area (Å²) >= 11 is 0. The van der Waals surface area contributed by atoms with Gasteiger partial charge in [-0.1, -0.05) is 32.0 Å². The van der Waals surface area contributed by atoms with Crippen molar-refractivity contribution in [2.45, 2.75) is 32.6 Å². The van der Waals surface area contributed by atoms with E-state index in [0.29, 0.717) is 18.8 Å². The van der Waals surface area contributed by atoms with E-state index >= 15 is 0 Å². The van der Waals surface area contributed by atoms with Crippen LogP contribution in [0.3, 0.4) is 0 Å². The van der Waals surface area contributed by atoms with Gasteiger partial charge in [0.15, 0.2) is 0 Å². The summed E-state index contributed by atoms with van der Waals surface area (Å²) in [5.41, 5.74) is 3.60. The van der Waals surface area contributed by atoms with Crippen LogP contribution in [0.2, 0.25) is 0 Å². The molecule has 0 saturated carbocycles. The van der Waals surface area contributed by atoms with Gasteiger partial charge >= 0.3 is 0 Å². The Balaban J connectivity index is 2.07. The van der Waals surface area contributed by atoms with Crippen LogP contribution in [0.15, 0.2) is 47.4 Å². The van der Waals surface area contributed by atoms with Crippen molar-refractivity contribution in [3.05, 3.63) is 53.6 Å². The van der Waals surface area contributed by atoms with Gasteiger partial charge in [0.1, 0.15) is 0 Å². The average molecular weight is 390 g/mol. The van der Waals surface area contributed by atoms with E-state index in [1.807, 2.05) is 32.0 Å².